The van der Waals surface area contributed by atoms with Crippen molar-refractivity contribution < 1.29 is 23.1 Å². The Morgan fingerprint density at radius 2 is 1.64 bits per heavy atom. The van der Waals surface area contributed by atoms with E-state index >= 15 is 0 Å². The predicted molar refractivity (Wildman–Crippen MR) is 109 cm³/mol. The van der Waals surface area contributed by atoms with Crippen LogP contribution in [0.4, 0.5) is 5.69 Å². The Morgan fingerprint density at radius 3 is 2.21 bits per heavy atom. The summed E-state index contributed by atoms with van der Waals surface area (Å²) in [6.07, 6.45) is 0. The summed E-state index contributed by atoms with van der Waals surface area (Å²) < 4.78 is 33.3. The third-order valence-electron chi connectivity index (χ3n) is 3.90. The average molecular weight is 410 g/mol. The minimum atomic E-state index is -3.60. The number of piperazine rings is 1. The van der Waals surface area contributed by atoms with Crippen molar-refractivity contribution in [3.8, 4) is 11.5 Å². The first-order chi connectivity index (χ1) is 13.5. The van der Waals surface area contributed by atoms with Crippen LogP contribution < -0.4 is 15.8 Å². The van der Waals surface area contributed by atoms with Gasteiger partial charge in [0.15, 0.2) is 0 Å². The van der Waals surface area contributed by atoms with Crippen LogP contribution in [0.2, 0.25) is 0 Å². The molecule has 0 aromatic heterocycles. The molecule has 154 valence electrons. The van der Waals surface area contributed by atoms with Gasteiger partial charge in [-0.05, 0) is 48.9 Å². The molecule has 0 radical (unpaired) electrons. The minimum absolute atomic E-state index is 0.196. The lowest BCUT2D eigenvalue weighted by molar-refractivity contribution is -0.0980. The Kier molecular flexibility index (Phi) is 9.60. The highest BCUT2D eigenvalue weighted by atomic mass is 32.2. The van der Waals surface area contributed by atoms with Crippen molar-refractivity contribution in [2.75, 3.05) is 39.0 Å². The van der Waals surface area contributed by atoms with Crippen LogP contribution in [0.25, 0.3) is 0 Å². The summed E-state index contributed by atoms with van der Waals surface area (Å²) in [6, 6.07) is 12.1. The van der Waals surface area contributed by atoms with Crippen molar-refractivity contribution in [3.05, 3.63) is 48.0 Å². The zero-order valence-corrected chi connectivity index (χ0v) is 16.9. The maximum Gasteiger partial charge on any atom is 0.246 e. The average Bonchev–Trinajstić information content (AvgIpc) is 2.74. The molecule has 1 saturated heterocycles. The smallest absolute Gasteiger partial charge is 0.246 e. The Labute approximate surface area is 166 Å². The summed E-state index contributed by atoms with van der Waals surface area (Å²) >= 11 is 0. The molecule has 1 aliphatic rings. The molecule has 0 atom stereocenters. The maximum absolute atomic E-state index is 13.0. The van der Waals surface area contributed by atoms with Gasteiger partial charge >= 0.3 is 0 Å². The number of hydrogen-bond acceptors (Lipinski definition) is 7. The number of sulfonamides is 1. The van der Waals surface area contributed by atoms with E-state index in [0.717, 1.165) is 12.7 Å². The summed E-state index contributed by atoms with van der Waals surface area (Å²) in [7, 11) is -2.60. The number of nitrogens with two attached hydrogens (primary N) is 1. The zero-order chi connectivity index (χ0) is 21.2. The van der Waals surface area contributed by atoms with Gasteiger partial charge in [0.05, 0.1) is 0 Å². The van der Waals surface area contributed by atoms with E-state index in [1.54, 1.807) is 36.4 Å². The molecule has 0 unspecified atom stereocenters. The van der Waals surface area contributed by atoms with E-state index in [9.17, 15) is 8.42 Å². The number of nitrogen functional groups attached to an aromatic ring is 1. The molecule has 28 heavy (non-hydrogen) atoms. The van der Waals surface area contributed by atoms with Gasteiger partial charge in [-0.1, -0.05) is 6.07 Å². The third-order valence-corrected chi connectivity index (χ3v) is 5.82. The summed E-state index contributed by atoms with van der Waals surface area (Å²) in [5.41, 5.74) is 7.17. The number of anilines is 1. The van der Waals surface area contributed by atoms with E-state index < -0.39 is 10.0 Å². The van der Waals surface area contributed by atoms with Crippen LogP contribution in [0.1, 0.15) is 5.56 Å². The normalized spacial score (nSPS) is 14.1. The third kappa shape index (κ3) is 6.03. The van der Waals surface area contributed by atoms with Crippen LogP contribution in [-0.4, -0.2) is 57.9 Å². The number of carbonyl (C=O) groups excluding carboxylic acids is 1. The molecule has 0 saturated carbocycles. The fourth-order valence-corrected chi connectivity index (χ4v) is 4.23. The Morgan fingerprint density at radius 1 is 1.07 bits per heavy atom. The van der Waals surface area contributed by atoms with Crippen LogP contribution >= 0.6 is 0 Å². The highest BCUT2D eigenvalue weighted by Gasteiger charge is 2.29. The largest absolute Gasteiger partial charge is 0.456 e. The van der Waals surface area contributed by atoms with Crippen molar-refractivity contribution in [1.29, 1.82) is 0 Å². The van der Waals surface area contributed by atoms with Crippen LogP contribution in [0.15, 0.2) is 47.4 Å². The molecule has 8 nitrogen and oxygen atoms in total. The molecule has 4 N–H and O–H groups in total. The molecule has 0 bridgehead atoms. The van der Waals surface area contributed by atoms with Gasteiger partial charge in [-0.2, -0.15) is 4.31 Å². The van der Waals surface area contributed by atoms with Gasteiger partial charge in [-0.25, -0.2) is 8.42 Å². The number of nitrogens with one attached hydrogen (secondary N) is 1. The number of rotatable bonds is 4. The molecule has 2 aromatic rings. The standard InChI is InChI=1S/C17H21N3O3S.CH4O.CH2O/c1-13-2-7-16(23-15-5-3-14(18)4-6-15)17(12-13)24(21,22)20-10-8-19-9-11-20;2*1-2/h2-7,12,19H,8-11,18H2,1H3;2H,1H3;1H2. The summed E-state index contributed by atoms with van der Waals surface area (Å²) in [5, 5.41) is 10.2. The lowest BCUT2D eigenvalue weighted by Crippen LogP contribution is -2.46. The van der Waals surface area contributed by atoms with Crippen LogP contribution in [0.5, 0.6) is 11.5 Å². The van der Waals surface area contributed by atoms with E-state index in [2.05, 4.69) is 5.32 Å². The fraction of sp³-hybridized carbons (Fsp3) is 0.316. The Balaban J connectivity index is 0.000000921. The molecule has 2 aromatic carbocycles. The number of hydrogen-bond donors (Lipinski definition) is 3. The molecule has 0 aliphatic carbocycles. The maximum atomic E-state index is 13.0. The highest BCUT2D eigenvalue weighted by molar-refractivity contribution is 7.89. The van der Waals surface area contributed by atoms with Gasteiger partial charge in [0.25, 0.3) is 0 Å². The molecule has 1 heterocycles. The predicted octanol–water partition coefficient (Wildman–Crippen LogP) is 1.39. The molecular weight excluding hydrogens is 382 g/mol. The summed E-state index contributed by atoms with van der Waals surface area (Å²) in [6.45, 7) is 6.08. The van der Waals surface area contributed by atoms with E-state index in [4.69, 9.17) is 20.4 Å². The van der Waals surface area contributed by atoms with Gasteiger partial charge in [0.1, 0.15) is 23.2 Å². The van der Waals surface area contributed by atoms with Crippen molar-refractivity contribution in [1.82, 2.24) is 9.62 Å². The molecule has 3 rings (SSSR count). The first-order valence-corrected chi connectivity index (χ1v) is 9.99. The van der Waals surface area contributed by atoms with E-state index in [1.807, 2.05) is 19.8 Å². The molecule has 0 spiro atoms. The first kappa shape index (κ1) is 23.6. The van der Waals surface area contributed by atoms with Gasteiger partial charge in [-0.3, -0.25) is 0 Å². The number of ether oxygens (including phenoxy) is 1. The van der Waals surface area contributed by atoms with Gasteiger partial charge in [-0.15, -0.1) is 0 Å². The van der Waals surface area contributed by atoms with Crippen molar-refractivity contribution >= 4 is 22.5 Å². The number of nitrogens with zero attached hydrogens (tertiary/aromatic N) is 1. The number of carbonyl (C=O) groups is 1. The zero-order valence-electron chi connectivity index (χ0n) is 16.1. The lowest BCUT2D eigenvalue weighted by atomic mass is 10.2. The second kappa shape index (κ2) is 11.4. The number of aliphatic hydroxyl groups excluding tert-OH is 1. The molecule has 1 aliphatic heterocycles. The molecular formula is C19H27N3O5S. The van der Waals surface area contributed by atoms with Gasteiger partial charge < -0.3 is 25.7 Å². The second-order valence-electron chi connectivity index (χ2n) is 5.78. The van der Waals surface area contributed by atoms with Crippen molar-refractivity contribution in [2.45, 2.75) is 11.8 Å². The van der Waals surface area contributed by atoms with Gasteiger partial charge in [0, 0.05) is 39.0 Å². The van der Waals surface area contributed by atoms with E-state index in [1.165, 1.54) is 4.31 Å². The van der Waals surface area contributed by atoms with Crippen LogP contribution in [0, 0.1) is 6.92 Å². The van der Waals surface area contributed by atoms with Gasteiger partial charge in [0.2, 0.25) is 10.0 Å². The van der Waals surface area contributed by atoms with Crippen molar-refractivity contribution in [2.24, 2.45) is 0 Å². The number of aliphatic hydroxyl groups is 1. The van der Waals surface area contributed by atoms with Crippen LogP contribution in [-0.2, 0) is 14.8 Å². The topological polar surface area (TPSA) is 122 Å². The lowest BCUT2D eigenvalue weighted by Gasteiger charge is -2.27. The summed E-state index contributed by atoms with van der Waals surface area (Å²) in [4.78, 5) is 8.20. The monoisotopic (exact) mass is 409 g/mol. The van der Waals surface area contributed by atoms with Crippen molar-refractivity contribution in [3.63, 3.8) is 0 Å². The molecule has 1 fully saturated rings. The molecule has 0 amide bonds. The fourth-order valence-electron chi connectivity index (χ4n) is 2.59. The summed E-state index contributed by atoms with van der Waals surface area (Å²) in [5.74, 6) is 0.869. The SMILES string of the molecule is C=O.CO.Cc1ccc(Oc2ccc(N)cc2)c(S(=O)(=O)N2CCNCC2)c1. The quantitative estimate of drug-likeness (QED) is 0.652. The number of benzene rings is 2. The minimum Gasteiger partial charge on any atom is -0.456 e. The van der Waals surface area contributed by atoms with E-state index in [0.29, 0.717) is 43.4 Å². The van der Waals surface area contributed by atoms with Crippen LogP contribution in [0.3, 0.4) is 0 Å². The second-order valence-corrected chi connectivity index (χ2v) is 7.68. The highest BCUT2D eigenvalue weighted by Crippen LogP contribution is 2.32. The number of aryl methyl sites for hydroxylation is 1. The van der Waals surface area contributed by atoms with E-state index in [-0.39, 0.29) is 4.90 Å². The Bertz CT molecular complexity index is 835. The molecule has 9 heteroatoms. The first-order valence-electron chi connectivity index (χ1n) is 8.55. The Hall–Kier alpha value is -2.46.